The van der Waals surface area contributed by atoms with Crippen molar-refractivity contribution in [3.63, 3.8) is 0 Å². The summed E-state index contributed by atoms with van der Waals surface area (Å²) < 4.78 is 0. The van der Waals surface area contributed by atoms with Gasteiger partial charge in [-0.3, -0.25) is 14.9 Å². The molecule has 5 nitrogen and oxygen atoms in total. The van der Waals surface area contributed by atoms with Crippen LogP contribution in [-0.2, 0) is 0 Å². The highest BCUT2D eigenvalue weighted by Crippen LogP contribution is 2.26. The minimum atomic E-state index is -0.573. The number of amides is 1. The number of hydrogen-bond donors (Lipinski definition) is 0. The lowest BCUT2D eigenvalue weighted by atomic mass is 10.0. The zero-order chi connectivity index (χ0) is 14.8. The zero-order valence-corrected chi connectivity index (χ0v) is 12.2. The van der Waals surface area contributed by atoms with E-state index in [1.54, 1.807) is 40.0 Å². The molecule has 0 saturated carbocycles. The number of nitrogens with zero attached hydrogens (tertiary/aromatic N) is 2. The number of hydrogen-bond acceptors (Lipinski definition) is 3. The van der Waals surface area contributed by atoms with Gasteiger partial charge in [0, 0.05) is 18.5 Å². The predicted molar refractivity (Wildman–Crippen MR) is 74.7 cm³/mol. The molecule has 1 amide bonds. The van der Waals surface area contributed by atoms with Crippen LogP contribution in [0.25, 0.3) is 0 Å². The van der Waals surface area contributed by atoms with Gasteiger partial charge in [0.1, 0.15) is 5.56 Å². The summed E-state index contributed by atoms with van der Waals surface area (Å²) in [5.74, 6) is -0.157. The number of nitro benzene ring substituents is 1. The highest BCUT2D eigenvalue weighted by molar-refractivity contribution is 6.18. The monoisotopic (exact) mass is 284 g/mol. The van der Waals surface area contributed by atoms with E-state index >= 15 is 0 Å². The Kier molecular flexibility index (Phi) is 4.52. The number of aryl methyl sites for hydroxylation is 1. The van der Waals surface area contributed by atoms with Crippen LogP contribution in [0.3, 0.4) is 0 Å². The van der Waals surface area contributed by atoms with Gasteiger partial charge in [0.05, 0.1) is 10.5 Å². The first-order chi connectivity index (χ1) is 8.72. The van der Waals surface area contributed by atoms with Gasteiger partial charge >= 0.3 is 0 Å². The average molecular weight is 285 g/mol. The third-order valence-electron chi connectivity index (χ3n) is 3.19. The number of carbonyl (C=O) groups excluding carboxylic acids is 1. The van der Waals surface area contributed by atoms with E-state index in [-0.39, 0.29) is 17.1 Å². The molecule has 0 atom stereocenters. The van der Waals surface area contributed by atoms with Gasteiger partial charge in [0.15, 0.2) is 0 Å². The van der Waals surface area contributed by atoms with E-state index in [9.17, 15) is 14.9 Å². The van der Waals surface area contributed by atoms with E-state index in [4.69, 9.17) is 11.6 Å². The lowest BCUT2D eigenvalue weighted by Gasteiger charge is -2.33. The first kappa shape index (κ1) is 15.4. The third-order valence-corrected chi connectivity index (χ3v) is 3.84. The second-order valence-corrected chi connectivity index (χ2v) is 5.31. The van der Waals surface area contributed by atoms with Crippen LogP contribution < -0.4 is 0 Å². The molecule has 0 N–H and O–H groups in total. The van der Waals surface area contributed by atoms with Crippen molar-refractivity contribution in [3.8, 4) is 0 Å². The minimum absolute atomic E-state index is 0.0886. The second-order valence-electron chi connectivity index (χ2n) is 5.04. The quantitative estimate of drug-likeness (QED) is 0.485. The van der Waals surface area contributed by atoms with Crippen molar-refractivity contribution in [2.75, 3.05) is 12.9 Å². The first-order valence-electron chi connectivity index (χ1n) is 5.80. The van der Waals surface area contributed by atoms with Crippen molar-refractivity contribution in [2.24, 2.45) is 0 Å². The Balaban J connectivity index is 3.28. The van der Waals surface area contributed by atoms with Crippen molar-refractivity contribution in [1.82, 2.24) is 4.90 Å². The molecule has 104 valence electrons. The molecule has 0 aliphatic heterocycles. The van der Waals surface area contributed by atoms with Crippen LogP contribution in [0.5, 0.6) is 0 Å². The predicted octanol–water partition coefficient (Wildman–Crippen LogP) is 2.99. The fraction of sp³-hybridized carbons (Fsp3) is 0.462. The summed E-state index contributed by atoms with van der Waals surface area (Å²) in [4.78, 5) is 24.4. The largest absolute Gasteiger partial charge is 0.335 e. The molecule has 0 spiro atoms. The highest BCUT2D eigenvalue weighted by atomic mass is 35.5. The SMILES string of the molecule is Cc1cccc(C(=O)N(C)C(C)(C)CCl)c1[N+](=O)[O-]. The number of halogens is 1. The molecule has 0 saturated heterocycles. The number of alkyl halides is 1. The van der Waals surface area contributed by atoms with Crippen LogP contribution >= 0.6 is 11.6 Å². The van der Waals surface area contributed by atoms with Gasteiger partial charge in [-0.1, -0.05) is 12.1 Å². The molecule has 0 unspecified atom stereocenters. The molecule has 1 aromatic carbocycles. The van der Waals surface area contributed by atoms with Gasteiger partial charge in [-0.05, 0) is 26.8 Å². The molecule has 0 heterocycles. The van der Waals surface area contributed by atoms with Gasteiger partial charge in [-0.15, -0.1) is 11.6 Å². The van der Waals surface area contributed by atoms with Crippen molar-refractivity contribution >= 4 is 23.2 Å². The van der Waals surface area contributed by atoms with Crippen LogP contribution in [0.2, 0.25) is 0 Å². The summed E-state index contributed by atoms with van der Waals surface area (Å²) in [5.41, 5.74) is -0.167. The fourth-order valence-electron chi connectivity index (χ4n) is 1.62. The van der Waals surface area contributed by atoms with Gasteiger partial charge in [0.25, 0.3) is 11.6 Å². The Morgan fingerprint density at radius 2 is 2.05 bits per heavy atom. The van der Waals surface area contributed by atoms with Crippen molar-refractivity contribution < 1.29 is 9.72 Å². The molecule has 0 aliphatic rings. The van der Waals surface area contributed by atoms with Gasteiger partial charge in [-0.25, -0.2) is 0 Å². The molecule has 19 heavy (non-hydrogen) atoms. The molecule has 0 bridgehead atoms. The smallest absolute Gasteiger partial charge is 0.285 e. The summed E-state index contributed by atoms with van der Waals surface area (Å²) >= 11 is 5.83. The molecule has 0 aliphatic carbocycles. The number of nitro groups is 1. The highest BCUT2D eigenvalue weighted by Gasteiger charge is 2.31. The maximum atomic E-state index is 12.4. The molecular formula is C13H17ClN2O3. The molecule has 6 heteroatoms. The topological polar surface area (TPSA) is 63.5 Å². The first-order valence-corrected chi connectivity index (χ1v) is 6.34. The van der Waals surface area contributed by atoms with Crippen molar-refractivity contribution in [1.29, 1.82) is 0 Å². The zero-order valence-electron chi connectivity index (χ0n) is 11.4. The van der Waals surface area contributed by atoms with Crippen LogP contribution in [-0.4, -0.2) is 34.2 Å². The summed E-state index contributed by atoms with van der Waals surface area (Å²) in [6, 6.07) is 4.72. The fourth-order valence-corrected chi connectivity index (χ4v) is 1.80. The molecular weight excluding hydrogens is 268 g/mol. The molecule has 0 fully saturated rings. The lowest BCUT2D eigenvalue weighted by molar-refractivity contribution is -0.385. The van der Waals surface area contributed by atoms with E-state index in [1.165, 1.54) is 11.0 Å². The summed E-state index contributed by atoms with van der Waals surface area (Å²) in [6.45, 7) is 5.22. The van der Waals surface area contributed by atoms with Crippen LogP contribution in [0.15, 0.2) is 18.2 Å². The maximum absolute atomic E-state index is 12.4. The van der Waals surface area contributed by atoms with E-state index in [2.05, 4.69) is 0 Å². The Morgan fingerprint density at radius 1 is 1.47 bits per heavy atom. The van der Waals surface area contributed by atoms with Crippen LogP contribution in [0, 0.1) is 17.0 Å². The van der Waals surface area contributed by atoms with Crippen LogP contribution in [0.1, 0.15) is 29.8 Å². The van der Waals surface area contributed by atoms with Crippen molar-refractivity contribution in [2.45, 2.75) is 26.3 Å². The van der Waals surface area contributed by atoms with Gasteiger partial charge in [-0.2, -0.15) is 0 Å². The lowest BCUT2D eigenvalue weighted by Crippen LogP contribution is -2.46. The average Bonchev–Trinajstić information content (AvgIpc) is 2.36. The van der Waals surface area contributed by atoms with E-state index in [0.29, 0.717) is 5.56 Å². The number of rotatable bonds is 4. The minimum Gasteiger partial charge on any atom is -0.335 e. The Labute approximate surface area is 117 Å². The molecule has 0 radical (unpaired) electrons. The summed E-state index contributed by atoms with van der Waals surface area (Å²) in [7, 11) is 1.59. The summed E-state index contributed by atoms with van der Waals surface area (Å²) in [6.07, 6.45) is 0. The van der Waals surface area contributed by atoms with E-state index in [1.807, 2.05) is 0 Å². The van der Waals surface area contributed by atoms with Crippen LogP contribution in [0.4, 0.5) is 5.69 Å². The summed E-state index contributed by atoms with van der Waals surface area (Å²) in [5, 5.41) is 11.1. The second kappa shape index (κ2) is 5.57. The Morgan fingerprint density at radius 3 is 2.53 bits per heavy atom. The normalized spacial score (nSPS) is 11.2. The van der Waals surface area contributed by atoms with E-state index in [0.717, 1.165) is 0 Å². The molecule has 0 aromatic heterocycles. The van der Waals surface area contributed by atoms with Gasteiger partial charge in [0.2, 0.25) is 0 Å². The molecule has 1 aromatic rings. The standard InChI is InChI=1S/C13H17ClN2O3/c1-9-6-5-7-10(11(9)16(18)19)12(17)15(4)13(2,3)8-14/h5-7H,8H2,1-4H3. The third kappa shape index (κ3) is 3.04. The Bertz CT molecular complexity index is 515. The maximum Gasteiger partial charge on any atom is 0.285 e. The number of benzene rings is 1. The van der Waals surface area contributed by atoms with E-state index < -0.39 is 16.4 Å². The molecule has 1 rings (SSSR count). The number of para-hydroxylation sites is 1. The van der Waals surface area contributed by atoms with Gasteiger partial charge < -0.3 is 4.90 Å². The number of carbonyl (C=O) groups is 1. The van der Waals surface area contributed by atoms with Crippen molar-refractivity contribution in [3.05, 3.63) is 39.4 Å². The Hall–Kier alpha value is -1.62.